The topological polar surface area (TPSA) is 61.9 Å². The van der Waals surface area contributed by atoms with Crippen LogP contribution < -0.4 is 15.0 Å². The summed E-state index contributed by atoms with van der Waals surface area (Å²) in [5, 5.41) is 2.95. The third-order valence-corrected chi connectivity index (χ3v) is 4.44. The number of carbonyl (C=O) groups is 2. The fraction of sp³-hybridized carbons (Fsp3) is 0.529. The van der Waals surface area contributed by atoms with E-state index in [0.717, 1.165) is 19.6 Å². The van der Waals surface area contributed by atoms with E-state index in [1.807, 2.05) is 0 Å². The quantitative estimate of drug-likeness (QED) is 0.908. The molecule has 0 saturated carbocycles. The van der Waals surface area contributed by atoms with Crippen LogP contribution in [0.25, 0.3) is 0 Å². The van der Waals surface area contributed by atoms with Crippen molar-refractivity contribution in [3.63, 3.8) is 0 Å². The Bertz CT molecular complexity index is 597. The Morgan fingerprint density at radius 2 is 2.09 bits per heavy atom. The van der Waals surface area contributed by atoms with Crippen molar-refractivity contribution in [2.75, 3.05) is 44.7 Å². The lowest BCUT2D eigenvalue weighted by molar-refractivity contribution is -0.118. The zero-order valence-electron chi connectivity index (χ0n) is 13.5. The average molecular weight is 317 g/mol. The number of nitrogens with one attached hydrogen (secondary N) is 1. The second-order valence-electron chi connectivity index (χ2n) is 6.04. The Labute approximate surface area is 136 Å². The van der Waals surface area contributed by atoms with Gasteiger partial charge in [-0.2, -0.15) is 0 Å². The molecule has 1 fully saturated rings. The highest BCUT2D eigenvalue weighted by Gasteiger charge is 2.21. The van der Waals surface area contributed by atoms with Crippen LogP contribution in [-0.4, -0.2) is 56.5 Å². The van der Waals surface area contributed by atoms with Gasteiger partial charge in [0.1, 0.15) is 5.75 Å². The van der Waals surface area contributed by atoms with Gasteiger partial charge in [0.2, 0.25) is 5.91 Å². The van der Waals surface area contributed by atoms with E-state index in [1.165, 1.54) is 12.8 Å². The van der Waals surface area contributed by atoms with E-state index in [-0.39, 0.29) is 11.8 Å². The molecule has 0 aliphatic carbocycles. The van der Waals surface area contributed by atoms with Crippen molar-refractivity contribution >= 4 is 17.5 Å². The molecule has 1 aromatic rings. The van der Waals surface area contributed by atoms with Crippen LogP contribution in [0, 0.1) is 0 Å². The monoisotopic (exact) mass is 317 g/mol. The zero-order chi connectivity index (χ0) is 16.2. The Morgan fingerprint density at radius 1 is 1.30 bits per heavy atom. The number of ether oxygens (including phenoxy) is 1. The third-order valence-electron chi connectivity index (χ3n) is 4.44. The van der Waals surface area contributed by atoms with Gasteiger partial charge in [0.05, 0.1) is 18.7 Å². The molecule has 2 aliphatic rings. The number of nitrogens with zero attached hydrogens (tertiary/aromatic N) is 2. The molecule has 2 amide bonds. The minimum absolute atomic E-state index is 0.00431. The number of benzene rings is 1. The molecule has 2 heterocycles. The van der Waals surface area contributed by atoms with Crippen LogP contribution in [0.4, 0.5) is 5.69 Å². The zero-order valence-corrected chi connectivity index (χ0v) is 13.5. The number of amides is 2. The first-order valence-corrected chi connectivity index (χ1v) is 8.19. The van der Waals surface area contributed by atoms with Gasteiger partial charge in [-0.05, 0) is 44.1 Å². The summed E-state index contributed by atoms with van der Waals surface area (Å²) < 4.78 is 5.57. The van der Waals surface area contributed by atoms with Crippen molar-refractivity contribution in [2.45, 2.75) is 19.3 Å². The number of carbonyl (C=O) groups excluding carboxylic acids is 2. The highest BCUT2D eigenvalue weighted by Crippen LogP contribution is 2.31. The second kappa shape index (κ2) is 7.00. The molecular formula is C17H23N3O3. The van der Waals surface area contributed by atoms with Crippen LogP contribution in [0.3, 0.4) is 0 Å². The van der Waals surface area contributed by atoms with Gasteiger partial charge < -0.3 is 19.9 Å². The first-order valence-electron chi connectivity index (χ1n) is 8.19. The minimum Gasteiger partial charge on any atom is -0.491 e. The normalized spacial score (nSPS) is 18.3. The number of rotatable bonds is 4. The Morgan fingerprint density at radius 3 is 2.87 bits per heavy atom. The lowest BCUT2D eigenvalue weighted by Gasteiger charge is -2.18. The molecule has 3 rings (SSSR count). The first kappa shape index (κ1) is 15.8. The number of fused-ring (bicyclic) bond motifs is 1. The lowest BCUT2D eigenvalue weighted by atomic mass is 10.1. The first-order chi connectivity index (χ1) is 11.1. The van der Waals surface area contributed by atoms with Crippen LogP contribution in [-0.2, 0) is 4.79 Å². The average Bonchev–Trinajstić information content (AvgIpc) is 3.02. The van der Waals surface area contributed by atoms with Crippen molar-refractivity contribution in [2.24, 2.45) is 0 Å². The predicted molar refractivity (Wildman–Crippen MR) is 88.0 cm³/mol. The highest BCUT2D eigenvalue weighted by atomic mass is 16.5. The molecule has 0 unspecified atom stereocenters. The molecule has 0 aromatic heterocycles. The summed E-state index contributed by atoms with van der Waals surface area (Å²) in [4.78, 5) is 28.1. The van der Waals surface area contributed by atoms with Gasteiger partial charge in [0, 0.05) is 25.7 Å². The van der Waals surface area contributed by atoms with Gasteiger partial charge in [0.25, 0.3) is 5.91 Å². The maximum Gasteiger partial charge on any atom is 0.251 e. The van der Waals surface area contributed by atoms with Gasteiger partial charge in [-0.25, -0.2) is 0 Å². The van der Waals surface area contributed by atoms with E-state index in [9.17, 15) is 9.59 Å². The van der Waals surface area contributed by atoms with Gasteiger partial charge in [-0.1, -0.05) is 0 Å². The maximum absolute atomic E-state index is 12.3. The van der Waals surface area contributed by atoms with E-state index in [4.69, 9.17) is 4.74 Å². The molecule has 1 N–H and O–H groups in total. The Balaban J connectivity index is 1.64. The molecule has 1 saturated heterocycles. The molecule has 23 heavy (non-hydrogen) atoms. The second-order valence-corrected chi connectivity index (χ2v) is 6.04. The van der Waals surface area contributed by atoms with E-state index in [1.54, 1.807) is 30.1 Å². The van der Waals surface area contributed by atoms with Gasteiger partial charge in [-0.15, -0.1) is 0 Å². The smallest absolute Gasteiger partial charge is 0.251 e. The molecule has 6 nitrogen and oxygen atoms in total. The van der Waals surface area contributed by atoms with Crippen molar-refractivity contribution in [3.05, 3.63) is 23.8 Å². The fourth-order valence-electron chi connectivity index (χ4n) is 3.03. The van der Waals surface area contributed by atoms with Crippen LogP contribution in [0.5, 0.6) is 5.75 Å². The van der Waals surface area contributed by atoms with Crippen LogP contribution in [0.15, 0.2) is 18.2 Å². The molecule has 1 aromatic carbocycles. The van der Waals surface area contributed by atoms with Gasteiger partial charge in [-0.3, -0.25) is 9.59 Å². The summed E-state index contributed by atoms with van der Waals surface area (Å²) in [5.74, 6) is 0.527. The molecule has 2 aliphatic heterocycles. The highest BCUT2D eigenvalue weighted by molar-refractivity contribution is 5.99. The van der Waals surface area contributed by atoms with Crippen LogP contribution in [0.2, 0.25) is 0 Å². The SMILES string of the molecule is CN1C(=O)CCOc2ccc(C(=O)NCCN3CCCC3)cc21. The number of likely N-dealkylation sites (tertiary alicyclic amines) is 1. The van der Waals surface area contributed by atoms with Crippen LogP contribution >= 0.6 is 0 Å². The van der Waals surface area contributed by atoms with E-state index >= 15 is 0 Å². The Hall–Kier alpha value is -2.08. The van der Waals surface area contributed by atoms with E-state index in [0.29, 0.717) is 36.6 Å². The van der Waals surface area contributed by atoms with Crippen molar-refractivity contribution in [1.29, 1.82) is 0 Å². The number of hydrogen-bond acceptors (Lipinski definition) is 4. The van der Waals surface area contributed by atoms with E-state index in [2.05, 4.69) is 10.2 Å². The maximum atomic E-state index is 12.3. The number of hydrogen-bond donors (Lipinski definition) is 1. The summed E-state index contributed by atoms with van der Waals surface area (Å²) in [5.41, 5.74) is 1.20. The summed E-state index contributed by atoms with van der Waals surface area (Å²) in [6.07, 6.45) is 2.85. The summed E-state index contributed by atoms with van der Waals surface area (Å²) in [6.45, 7) is 4.15. The van der Waals surface area contributed by atoms with Crippen molar-refractivity contribution in [1.82, 2.24) is 10.2 Å². The van der Waals surface area contributed by atoms with E-state index < -0.39 is 0 Å². The predicted octanol–water partition coefficient (Wildman–Crippen LogP) is 1.26. The van der Waals surface area contributed by atoms with Gasteiger partial charge >= 0.3 is 0 Å². The third kappa shape index (κ3) is 3.64. The largest absolute Gasteiger partial charge is 0.491 e. The lowest BCUT2D eigenvalue weighted by Crippen LogP contribution is -2.33. The number of anilines is 1. The minimum atomic E-state index is -0.114. The summed E-state index contributed by atoms with van der Waals surface area (Å²) in [7, 11) is 1.71. The molecule has 0 spiro atoms. The molecule has 124 valence electrons. The van der Waals surface area contributed by atoms with Crippen molar-refractivity contribution < 1.29 is 14.3 Å². The van der Waals surface area contributed by atoms with Crippen LogP contribution in [0.1, 0.15) is 29.6 Å². The Kier molecular flexibility index (Phi) is 4.81. The molecule has 0 atom stereocenters. The standard InChI is InChI=1S/C17H23N3O3/c1-19-14-12-13(4-5-15(14)23-11-6-16(19)21)17(22)18-7-10-20-8-2-3-9-20/h4-5,12H,2-3,6-11H2,1H3,(H,18,22). The van der Waals surface area contributed by atoms with Crippen molar-refractivity contribution in [3.8, 4) is 5.75 Å². The molecule has 0 radical (unpaired) electrons. The molecular weight excluding hydrogens is 294 g/mol. The molecule has 0 bridgehead atoms. The summed E-state index contributed by atoms with van der Waals surface area (Å²) >= 11 is 0. The van der Waals surface area contributed by atoms with Gasteiger partial charge in [0.15, 0.2) is 0 Å². The molecule has 6 heteroatoms. The fourth-order valence-corrected chi connectivity index (χ4v) is 3.03. The summed E-state index contributed by atoms with van der Waals surface area (Å²) in [6, 6.07) is 5.23.